The third kappa shape index (κ3) is 0.914. The van der Waals surface area contributed by atoms with Crippen LogP contribution in [0.15, 0.2) is 18.5 Å². The zero-order valence-electron chi connectivity index (χ0n) is 6.76. The van der Waals surface area contributed by atoms with Crippen LogP contribution in [0.1, 0.15) is 0 Å². The summed E-state index contributed by atoms with van der Waals surface area (Å²) >= 11 is 0. The van der Waals surface area contributed by atoms with Gasteiger partial charge >= 0.3 is 0 Å². The second kappa shape index (κ2) is 2.62. The Morgan fingerprint density at radius 3 is 3.17 bits per heavy atom. The largest absolute Gasteiger partial charge is 0.360 e. The van der Waals surface area contributed by atoms with E-state index in [-0.39, 0.29) is 5.82 Å². The van der Waals surface area contributed by atoms with Gasteiger partial charge in [0.1, 0.15) is 0 Å². The predicted octanol–water partition coefficient (Wildman–Crippen LogP) is 0.812. The summed E-state index contributed by atoms with van der Waals surface area (Å²) in [5.41, 5.74) is 1.73. The molecule has 0 spiro atoms. The van der Waals surface area contributed by atoms with E-state index in [2.05, 4.69) is 9.97 Å². The molecule has 0 fully saturated rings. The van der Waals surface area contributed by atoms with Crippen molar-refractivity contribution in [3.63, 3.8) is 0 Å². The summed E-state index contributed by atoms with van der Waals surface area (Å²) in [6, 6.07) is 1.73. The maximum absolute atomic E-state index is 13.1. The second-order valence-electron chi connectivity index (χ2n) is 2.67. The topological polar surface area (TPSA) is 28.7 Å². The first-order valence-electron chi connectivity index (χ1n) is 3.93. The number of hydrogen-bond donors (Lipinski definition) is 1. The number of halogens is 1. The van der Waals surface area contributed by atoms with Crippen LogP contribution in [0.3, 0.4) is 0 Å². The molecule has 0 amide bonds. The third-order valence-corrected chi connectivity index (χ3v) is 1.96. The Labute approximate surface area is 70.1 Å². The van der Waals surface area contributed by atoms with Crippen molar-refractivity contribution in [2.45, 2.75) is 6.82 Å². The molecule has 2 nitrogen and oxygen atoms in total. The Hall–Kier alpha value is -1.32. The van der Waals surface area contributed by atoms with E-state index >= 15 is 0 Å². The summed E-state index contributed by atoms with van der Waals surface area (Å²) in [6.45, 7) is 2.00. The van der Waals surface area contributed by atoms with Crippen LogP contribution in [0.25, 0.3) is 10.9 Å². The molecular formula is C8H8BFN2. The highest BCUT2D eigenvalue weighted by Crippen LogP contribution is 2.11. The fourth-order valence-electron chi connectivity index (χ4n) is 1.34. The molecule has 12 heavy (non-hydrogen) atoms. The minimum absolute atomic E-state index is 0.261. The molecule has 2 aromatic heterocycles. The van der Waals surface area contributed by atoms with Gasteiger partial charge in [0, 0.05) is 17.2 Å². The lowest BCUT2D eigenvalue weighted by Crippen LogP contribution is -2.16. The molecule has 0 saturated carbocycles. The van der Waals surface area contributed by atoms with E-state index in [1.807, 2.05) is 6.82 Å². The number of hydrogen-bond acceptors (Lipinski definition) is 1. The molecule has 2 aromatic rings. The zero-order valence-corrected chi connectivity index (χ0v) is 6.76. The van der Waals surface area contributed by atoms with Crippen LogP contribution in [-0.2, 0) is 0 Å². The number of pyridine rings is 1. The Morgan fingerprint density at radius 1 is 1.58 bits per heavy atom. The second-order valence-corrected chi connectivity index (χ2v) is 2.67. The van der Waals surface area contributed by atoms with E-state index in [1.54, 1.807) is 12.3 Å². The molecule has 1 N–H and O–H groups in total. The average Bonchev–Trinajstić information content (AvgIpc) is 2.54. The monoisotopic (exact) mass is 162 g/mol. The third-order valence-electron chi connectivity index (χ3n) is 1.96. The Kier molecular flexibility index (Phi) is 1.61. The lowest BCUT2D eigenvalue weighted by Gasteiger charge is -1.97. The lowest BCUT2D eigenvalue weighted by molar-refractivity contribution is 0.635. The molecule has 0 bridgehead atoms. The summed E-state index contributed by atoms with van der Waals surface area (Å²) in [4.78, 5) is 6.97. The van der Waals surface area contributed by atoms with Gasteiger partial charge in [-0.05, 0) is 6.07 Å². The molecule has 0 aliphatic heterocycles. The normalized spacial score (nSPS) is 10.5. The molecule has 2 rings (SSSR count). The summed E-state index contributed by atoms with van der Waals surface area (Å²) < 4.78 is 13.1. The molecule has 0 unspecified atom stereocenters. The maximum atomic E-state index is 13.1. The molecule has 0 saturated heterocycles. The van der Waals surface area contributed by atoms with Gasteiger partial charge in [0.2, 0.25) is 0 Å². The molecular weight excluding hydrogens is 154 g/mol. The number of nitrogens with one attached hydrogen (secondary N) is 1. The van der Waals surface area contributed by atoms with Gasteiger partial charge in [-0.15, -0.1) is 0 Å². The van der Waals surface area contributed by atoms with Crippen molar-refractivity contribution in [1.29, 1.82) is 0 Å². The minimum Gasteiger partial charge on any atom is -0.360 e. The highest BCUT2D eigenvalue weighted by Gasteiger charge is 2.06. The van der Waals surface area contributed by atoms with Crippen LogP contribution in [-0.4, -0.2) is 17.2 Å². The standard InChI is InChI=1S/C8H8BFN2/c1-9-8-7-5(2-3-11-7)6(10)4-12-8/h2-4,9,11H,1H3. The first-order chi connectivity index (χ1) is 5.83. The lowest BCUT2D eigenvalue weighted by atomic mass is 9.77. The Morgan fingerprint density at radius 2 is 2.42 bits per heavy atom. The van der Waals surface area contributed by atoms with Gasteiger partial charge in [-0.25, -0.2) is 4.39 Å². The summed E-state index contributed by atoms with van der Waals surface area (Å²) in [6.07, 6.45) is 3.00. The number of H-pyrrole nitrogens is 1. The van der Waals surface area contributed by atoms with Gasteiger partial charge in [0.25, 0.3) is 0 Å². The Balaban J connectivity index is 2.82. The predicted molar refractivity (Wildman–Crippen MR) is 48.7 cm³/mol. The first kappa shape index (κ1) is 7.34. The number of fused-ring (bicyclic) bond motifs is 1. The smallest absolute Gasteiger partial charge is 0.181 e. The van der Waals surface area contributed by atoms with Crippen LogP contribution in [0.5, 0.6) is 0 Å². The maximum Gasteiger partial charge on any atom is 0.181 e. The van der Waals surface area contributed by atoms with Crippen molar-refractivity contribution in [1.82, 2.24) is 9.97 Å². The van der Waals surface area contributed by atoms with Gasteiger partial charge in [-0.3, -0.25) is 4.98 Å². The molecule has 0 aliphatic carbocycles. The van der Waals surface area contributed by atoms with Gasteiger partial charge in [0.15, 0.2) is 13.1 Å². The van der Waals surface area contributed by atoms with E-state index in [4.69, 9.17) is 0 Å². The van der Waals surface area contributed by atoms with Gasteiger partial charge in [-0.1, -0.05) is 6.82 Å². The van der Waals surface area contributed by atoms with E-state index in [0.29, 0.717) is 5.39 Å². The highest BCUT2D eigenvalue weighted by molar-refractivity contribution is 6.54. The molecule has 0 aliphatic rings. The number of rotatable bonds is 1. The zero-order chi connectivity index (χ0) is 8.55. The fourth-order valence-corrected chi connectivity index (χ4v) is 1.34. The van der Waals surface area contributed by atoms with Crippen molar-refractivity contribution >= 4 is 23.8 Å². The van der Waals surface area contributed by atoms with E-state index in [1.165, 1.54) is 6.20 Å². The van der Waals surface area contributed by atoms with Crippen molar-refractivity contribution in [3.8, 4) is 0 Å². The van der Waals surface area contributed by atoms with Crippen molar-refractivity contribution in [2.75, 3.05) is 0 Å². The summed E-state index contributed by atoms with van der Waals surface area (Å²) in [5.74, 6) is -0.261. The van der Waals surface area contributed by atoms with Gasteiger partial charge < -0.3 is 4.98 Å². The molecule has 0 aromatic carbocycles. The quantitative estimate of drug-likeness (QED) is 0.617. The summed E-state index contributed by atoms with van der Waals surface area (Å²) in [7, 11) is 0.817. The first-order valence-corrected chi connectivity index (χ1v) is 3.93. The van der Waals surface area contributed by atoms with Crippen molar-refractivity contribution in [3.05, 3.63) is 24.3 Å². The van der Waals surface area contributed by atoms with Crippen LogP contribution in [0, 0.1) is 5.82 Å². The number of aromatic amines is 1. The van der Waals surface area contributed by atoms with Crippen LogP contribution in [0.2, 0.25) is 6.82 Å². The van der Waals surface area contributed by atoms with Crippen molar-refractivity contribution < 1.29 is 4.39 Å². The van der Waals surface area contributed by atoms with E-state index < -0.39 is 0 Å². The number of aromatic nitrogens is 2. The molecule has 4 heteroatoms. The van der Waals surface area contributed by atoms with Crippen LogP contribution >= 0.6 is 0 Å². The van der Waals surface area contributed by atoms with Crippen LogP contribution in [0.4, 0.5) is 4.39 Å². The van der Waals surface area contributed by atoms with E-state index in [0.717, 1.165) is 18.4 Å². The number of nitrogens with zero attached hydrogens (tertiary/aromatic N) is 1. The van der Waals surface area contributed by atoms with Crippen LogP contribution < -0.4 is 5.59 Å². The molecule has 0 atom stereocenters. The minimum atomic E-state index is -0.261. The van der Waals surface area contributed by atoms with E-state index in [9.17, 15) is 4.39 Å². The average molecular weight is 162 g/mol. The van der Waals surface area contributed by atoms with Crippen molar-refractivity contribution in [2.24, 2.45) is 0 Å². The van der Waals surface area contributed by atoms with Gasteiger partial charge in [0.05, 0.1) is 11.7 Å². The highest BCUT2D eigenvalue weighted by atomic mass is 19.1. The molecule has 0 radical (unpaired) electrons. The Bertz CT molecular complexity index is 410. The summed E-state index contributed by atoms with van der Waals surface area (Å²) in [5, 5.41) is 0.627. The molecule has 2 heterocycles. The molecule has 60 valence electrons. The fraction of sp³-hybridized carbons (Fsp3) is 0.125. The van der Waals surface area contributed by atoms with Gasteiger partial charge in [-0.2, -0.15) is 0 Å². The SMILES string of the molecule is CBc1ncc(F)c2cc[nH]c12.